The Morgan fingerprint density at radius 1 is 1.32 bits per heavy atom. The van der Waals surface area contributed by atoms with Crippen LogP contribution in [0.25, 0.3) is 0 Å². The predicted octanol–water partition coefficient (Wildman–Crippen LogP) is 2.65. The topological polar surface area (TPSA) is 79.8 Å². The van der Waals surface area contributed by atoms with Gasteiger partial charge >= 0.3 is 0 Å². The van der Waals surface area contributed by atoms with Crippen molar-refractivity contribution in [2.45, 2.75) is 16.6 Å². The van der Waals surface area contributed by atoms with Crippen LogP contribution in [-0.2, 0) is 9.59 Å². The molecule has 3 rings (SSSR count). The summed E-state index contributed by atoms with van der Waals surface area (Å²) in [6.45, 7) is 0. The third-order valence-electron chi connectivity index (χ3n) is 3.57. The van der Waals surface area contributed by atoms with Crippen LogP contribution in [0.2, 0.25) is 0 Å². The average molecular weight is 355 g/mol. The highest BCUT2D eigenvalue weighted by atomic mass is 32.2. The number of amides is 2. The number of anilines is 1. The van der Waals surface area contributed by atoms with Gasteiger partial charge in [0, 0.05) is 11.3 Å². The molecule has 7 heteroatoms. The first-order valence-corrected chi connectivity index (χ1v) is 8.56. The molecule has 2 aromatic rings. The molecule has 2 amide bonds. The van der Waals surface area contributed by atoms with E-state index in [9.17, 15) is 9.59 Å². The fourth-order valence-electron chi connectivity index (χ4n) is 2.34. The molecule has 0 unspecified atom stereocenters. The van der Waals surface area contributed by atoms with Gasteiger partial charge in [0.2, 0.25) is 11.8 Å². The van der Waals surface area contributed by atoms with Crippen molar-refractivity contribution in [3.63, 3.8) is 0 Å². The van der Waals surface area contributed by atoms with Gasteiger partial charge in [0.05, 0.1) is 24.3 Å². The molecular weight excluding hydrogens is 338 g/mol. The summed E-state index contributed by atoms with van der Waals surface area (Å²) in [4.78, 5) is 25.1. The van der Waals surface area contributed by atoms with E-state index in [1.807, 2.05) is 42.5 Å². The van der Waals surface area contributed by atoms with Gasteiger partial charge in [-0.2, -0.15) is 5.10 Å². The van der Waals surface area contributed by atoms with E-state index in [0.717, 1.165) is 16.1 Å². The molecule has 0 spiro atoms. The summed E-state index contributed by atoms with van der Waals surface area (Å²) in [5.74, 6) is 0.228. The van der Waals surface area contributed by atoms with Crippen LogP contribution in [0, 0.1) is 0 Å². The van der Waals surface area contributed by atoms with Crippen LogP contribution in [0.4, 0.5) is 5.69 Å². The van der Waals surface area contributed by atoms with E-state index in [1.165, 1.54) is 18.0 Å². The molecule has 0 fully saturated rings. The number of hydrazone groups is 1. The number of nitrogens with zero attached hydrogens (tertiary/aromatic N) is 1. The molecule has 1 aliphatic heterocycles. The minimum atomic E-state index is -0.470. The van der Waals surface area contributed by atoms with E-state index in [-0.39, 0.29) is 18.2 Å². The van der Waals surface area contributed by atoms with E-state index in [4.69, 9.17) is 4.74 Å². The van der Waals surface area contributed by atoms with E-state index in [2.05, 4.69) is 15.8 Å². The quantitative estimate of drug-likeness (QED) is 0.638. The molecule has 0 aromatic heterocycles. The molecule has 0 saturated carbocycles. The summed E-state index contributed by atoms with van der Waals surface area (Å²) >= 11 is 1.39. The van der Waals surface area contributed by atoms with Gasteiger partial charge in [0.1, 0.15) is 5.75 Å². The Balaban J connectivity index is 1.56. The van der Waals surface area contributed by atoms with Crippen molar-refractivity contribution in [2.24, 2.45) is 5.10 Å². The number of para-hydroxylation sites is 1. The number of nitrogens with one attached hydrogen (secondary N) is 2. The number of carbonyl (C=O) groups excluding carboxylic acids is 2. The molecule has 2 N–H and O–H groups in total. The Morgan fingerprint density at radius 3 is 3.00 bits per heavy atom. The maximum Gasteiger partial charge on any atom is 0.241 e. The highest BCUT2D eigenvalue weighted by molar-refractivity contribution is 8.01. The number of hydrogen-bond acceptors (Lipinski definition) is 5. The van der Waals surface area contributed by atoms with Gasteiger partial charge in [0.15, 0.2) is 0 Å². The minimum absolute atomic E-state index is 0.0558. The minimum Gasteiger partial charge on any atom is -0.497 e. The summed E-state index contributed by atoms with van der Waals surface area (Å²) in [6, 6.07) is 14.8. The SMILES string of the molecule is COc1cccc(/C=N\NC(=O)C[C@H]2Sc3ccccc3NC2=O)c1. The second-order valence-corrected chi connectivity index (χ2v) is 6.61. The lowest BCUT2D eigenvalue weighted by atomic mass is 10.2. The number of hydrogen-bond donors (Lipinski definition) is 2. The molecule has 6 nitrogen and oxygen atoms in total. The van der Waals surface area contributed by atoms with Gasteiger partial charge in [-0.25, -0.2) is 5.43 Å². The number of thioether (sulfide) groups is 1. The summed E-state index contributed by atoms with van der Waals surface area (Å²) in [6.07, 6.45) is 1.59. The molecule has 2 aromatic carbocycles. The van der Waals surface area contributed by atoms with Crippen molar-refractivity contribution in [3.8, 4) is 5.75 Å². The lowest BCUT2D eigenvalue weighted by Gasteiger charge is -2.23. The van der Waals surface area contributed by atoms with Gasteiger partial charge in [0.25, 0.3) is 0 Å². The Bertz CT molecular complexity index is 823. The molecule has 0 bridgehead atoms. The van der Waals surface area contributed by atoms with Crippen molar-refractivity contribution >= 4 is 35.5 Å². The lowest BCUT2D eigenvalue weighted by Crippen LogP contribution is -2.33. The third kappa shape index (κ3) is 4.39. The monoisotopic (exact) mass is 355 g/mol. The van der Waals surface area contributed by atoms with Gasteiger partial charge in [-0.3, -0.25) is 9.59 Å². The number of ether oxygens (including phenoxy) is 1. The fourth-order valence-corrected chi connectivity index (χ4v) is 3.45. The van der Waals surface area contributed by atoms with E-state index in [1.54, 1.807) is 13.2 Å². The summed E-state index contributed by atoms with van der Waals surface area (Å²) in [7, 11) is 1.59. The molecule has 0 saturated heterocycles. The highest BCUT2D eigenvalue weighted by Gasteiger charge is 2.28. The molecular formula is C18H17N3O3S. The number of benzene rings is 2. The van der Waals surface area contributed by atoms with Crippen LogP contribution in [0.1, 0.15) is 12.0 Å². The Kier molecular flexibility index (Phi) is 5.35. The molecule has 128 valence electrons. The van der Waals surface area contributed by atoms with Crippen molar-refractivity contribution in [1.29, 1.82) is 0 Å². The Hall–Kier alpha value is -2.80. The summed E-state index contributed by atoms with van der Waals surface area (Å²) in [5.41, 5.74) is 4.04. The largest absolute Gasteiger partial charge is 0.497 e. The van der Waals surface area contributed by atoms with Crippen LogP contribution in [0.5, 0.6) is 5.75 Å². The van der Waals surface area contributed by atoms with Crippen molar-refractivity contribution in [2.75, 3.05) is 12.4 Å². The normalized spacial score (nSPS) is 16.2. The average Bonchev–Trinajstić information content (AvgIpc) is 2.62. The smallest absolute Gasteiger partial charge is 0.241 e. The molecule has 1 aliphatic rings. The van der Waals surface area contributed by atoms with Crippen LogP contribution in [0.3, 0.4) is 0 Å². The first-order valence-electron chi connectivity index (χ1n) is 7.68. The Morgan fingerprint density at radius 2 is 2.16 bits per heavy atom. The van der Waals surface area contributed by atoms with Gasteiger partial charge in [-0.1, -0.05) is 24.3 Å². The van der Waals surface area contributed by atoms with Crippen molar-refractivity contribution < 1.29 is 14.3 Å². The lowest BCUT2D eigenvalue weighted by molar-refractivity contribution is -0.124. The van der Waals surface area contributed by atoms with Crippen LogP contribution in [0.15, 0.2) is 58.5 Å². The zero-order chi connectivity index (χ0) is 17.6. The second kappa shape index (κ2) is 7.85. The first kappa shape index (κ1) is 17.0. The van der Waals surface area contributed by atoms with Crippen molar-refractivity contribution in [3.05, 3.63) is 54.1 Å². The van der Waals surface area contributed by atoms with Crippen molar-refractivity contribution in [1.82, 2.24) is 5.43 Å². The summed E-state index contributed by atoms with van der Waals surface area (Å²) < 4.78 is 5.13. The molecule has 1 atom stereocenters. The van der Waals surface area contributed by atoms with E-state index >= 15 is 0 Å². The van der Waals surface area contributed by atoms with Gasteiger partial charge in [-0.05, 0) is 29.8 Å². The summed E-state index contributed by atoms with van der Waals surface area (Å²) in [5, 5.41) is 6.28. The maximum atomic E-state index is 12.1. The van der Waals surface area contributed by atoms with Gasteiger partial charge < -0.3 is 10.1 Å². The molecule has 0 radical (unpaired) electrons. The zero-order valence-electron chi connectivity index (χ0n) is 13.6. The fraction of sp³-hybridized carbons (Fsp3) is 0.167. The van der Waals surface area contributed by atoms with Crippen LogP contribution >= 0.6 is 11.8 Å². The molecule has 0 aliphatic carbocycles. The van der Waals surface area contributed by atoms with Gasteiger partial charge in [-0.15, -0.1) is 11.8 Å². The Labute approximate surface area is 149 Å². The van der Waals surface area contributed by atoms with Crippen LogP contribution in [-0.4, -0.2) is 30.4 Å². The first-order chi connectivity index (χ1) is 12.2. The van der Waals surface area contributed by atoms with E-state index < -0.39 is 5.25 Å². The number of rotatable bonds is 5. The van der Waals surface area contributed by atoms with E-state index in [0.29, 0.717) is 5.75 Å². The highest BCUT2D eigenvalue weighted by Crippen LogP contribution is 2.36. The number of methoxy groups -OCH3 is 1. The second-order valence-electron chi connectivity index (χ2n) is 5.37. The van der Waals surface area contributed by atoms with Crippen LogP contribution < -0.4 is 15.5 Å². The third-order valence-corrected chi connectivity index (χ3v) is 4.85. The standard InChI is InChI=1S/C18H17N3O3S/c1-24-13-6-4-5-12(9-13)11-19-21-17(22)10-16-18(23)20-14-7-2-3-8-15(14)25-16/h2-9,11,16H,10H2,1H3,(H,20,23)(H,21,22)/b19-11-/t16-/m1/s1. The predicted molar refractivity (Wildman–Crippen MR) is 98.1 cm³/mol. The maximum absolute atomic E-state index is 12.1. The number of carbonyl (C=O) groups is 2. The zero-order valence-corrected chi connectivity index (χ0v) is 14.4. The molecule has 25 heavy (non-hydrogen) atoms. The molecule has 1 heterocycles. The number of fused-ring (bicyclic) bond motifs is 1.